The number of benzene rings is 2. The van der Waals surface area contributed by atoms with Crippen molar-refractivity contribution in [1.29, 1.82) is 0 Å². The molecule has 9 heteroatoms. The Morgan fingerprint density at radius 2 is 1.64 bits per heavy atom. The highest BCUT2D eigenvalue weighted by molar-refractivity contribution is 6.22. The molecule has 0 spiro atoms. The Kier molecular flexibility index (Phi) is 9.95. The molecule has 9 nitrogen and oxygen atoms in total. The second kappa shape index (κ2) is 14.5. The number of carbonyl (C=O) groups excluding carboxylic acids is 3. The standard InChI is InChI=1S/C41H42N4O5/c1-27-22-35(46)28(2)37(38(27)48)41(3,4)25-36(47)44(5)19-13-21-50-40-33(24-31-18-12-20-49-31)43-39-32(23-29-14-8-6-9-15-29)42-34(26-45(39)40)30-16-10-7-11-17-30/h6-12,14-18,20,22,26H,13,19,21,23-25H2,1-5H3. The molecule has 0 saturated carbocycles. The average Bonchev–Trinajstić information content (AvgIpc) is 3.74. The minimum atomic E-state index is -0.798. The zero-order chi connectivity index (χ0) is 35.4. The van der Waals surface area contributed by atoms with Gasteiger partial charge in [0.2, 0.25) is 11.8 Å². The van der Waals surface area contributed by atoms with Crippen molar-refractivity contribution in [3.8, 4) is 17.1 Å². The van der Waals surface area contributed by atoms with E-state index in [1.807, 2.05) is 85.1 Å². The van der Waals surface area contributed by atoms with E-state index in [2.05, 4.69) is 12.1 Å². The number of hydrogen-bond donors (Lipinski definition) is 0. The molecule has 2 aromatic carbocycles. The van der Waals surface area contributed by atoms with E-state index in [0.29, 0.717) is 60.7 Å². The molecule has 0 saturated heterocycles. The first-order chi connectivity index (χ1) is 24.0. The number of rotatable bonds is 13. The van der Waals surface area contributed by atoms with Crippen molar-refractivity contribution < 1.29 is 23.5 Å². The molecule has 0 atom stereocenters. The number of Topliss-reactive ketones (excluding diaryl/α,β-unsaturated/α-hetero) is 1. The largest absolute Gasteiger partial charge is 0.477 e. The first kappa shape index (κ1) is 34.3. The van der Waals surface area contributed by atoms with Gasteiger partial charge in [-0.3, -0.25) is 18.8 Å². The minimum absolute atomic E-state index is 0.101. The summed E-state index contributed by atoms with van der Waals surface area (Å²) in [6.45, 7) is 7.77. The maximum atomic E-state index is 13.4. The van der Waals surface area contributed by atoms with Crippen LogP contribution in [0.2, 0.25) is 0 Å². The van der Waals surface area contributed by atoms with Gasteiger partial charge in [0, 0.05) is 60.3 Å². The number of imidazole rings is 1. The molecule has 0 bridgehead atoms. The summed E-state index contributed by atoms with van der Waals surface area (Å²) in [5.41, 5.74) is 5.61. The normalized spacial score (nSPS) is 13.6. The summed E-state index contributed by atoms with van der Waals surface area (Å²) in [4.78, 5) is 50.7. The van der Waals surface area contributed by atoms with Gasteiger partial charge in [0.25, 0.3) is 0 Å². The zero-order valence-electron chi connectivity index (χ0n) is 29.2. The Bertz CT molecular complexity index is 2090. The number of furan rings is 1. The van der Waals surface area contributed by atoms with E-state index < -0.39 is 5.41 Å². The van der Waals surface area contributed by atoms with E-state index >= 15 is 0 Å². The molecule has 0 N–H and O–H groups in total. The van der Waals surface area contributed by atoms with E-state index in [4.69, 9.17) is 19.1 Å². The highest BCUT2D eigenvalue weighted by Crippen LogP contribution is 2.37. The number of ketones is 2. The number of nitrogens with zero attached hydrogens (tertiary/aromatic N) is 4. The molecule has 1 amide bonds. The Morgan fingerprint density at radius 3 is 2.34 bits per heavy atom. The molecule has 256 valence electrons. The van der Waals surface area contributed by atoms with Gasteiger partial charge in [0.1, 0.15) is 11.5 Å². The molecule has 1 aliphatic carbocycles. The molecular weight excluding hydrogens is 628 g/mol. The van der Waals surface area contributed by atoms with Crippen LogP contribution in [0.15, 0.2) is 112 Å². The number of allylic oxidation sites excluding steroid dienone is 4. The van der Waals surface area contributed by atoms with E-state index in [1.165, 1.54) is 6.08 Å². The summed E-state index contributed by atoms with van der Waals surface area (Å²) in [7, 11) is 1.75. The zero-order valence-corrected chi connectivity index (χ0v) is 29.2. The van der Waals surface area contributed by atoms with Gasteiger partial charge in [0.05, 0.1) is 30.7 Å². The van der Waals surface area contributed by atoms with Crippen LogP contribution in [0.5, 0.6) is 5.88 Å². The molecule has 0 unspecified atom stereocenters. The van der Waals surface area contributed by atoms with Gasteiger partial charge in [0.15, 0.2) is 17.2 Å². The Hall–Kier alpha value is -5.57. The molecule has 5 aromatic rings. The molecular formula is C41H42N4O5. The number of fused-ring (bicyclic) bond motifs is 1. The molecule has 3 aromatic heterocycles. The van der Waals surface area contributed by atoms with E-state index in [1.54, 1.807) is 32.1 Å². The van der Waals surface area contributed by atoms with E-state index in [0.717, 1.165) is 34.0 Å². The number of ether oxygens (including phenoxy) is 1. The van der Waals surface area contributed by atoms with Crippen molar-refractivity contribution in [2.24, 2.45) is 5.41 Å². The van der Waals surface area contributed by atoms with Crippen LogP contribution in [0.25, 0.3) is 16.9 Å². The second-order valence-electron chi connectivity index (χ2n) is 13.5. The lowest BCUT2D eigenvalue weighted by Gasteiger charge is -2.31. The molecule has 0 radical (unpaired) electrons. The van der Waals surface area contributed by atoms with E-state index in [9.17, 15) is 14.4 Å². The third-order valence-corrected chi connectivity index (χ3v) is 9.16. The van der Waals surface area contributed by atoms with Gasteiger partial charge in [-0.15, -0.1) is 0 Å². The summed E-state index contributed by atoms with van der Waals surface area (Å²) in [6.07, 6.45) is 6.68. The summed E-state index contributed by atoms with van der Waals surface area (Å²) in [5, 5.41) is 0. The van der Waals surface area contributed by atoms with Crippen LogP contribution in [0.3, 0.4) is 0 Å². The van der Waals surface area contributed by atoms with Crippen LogP contribution < -0.4 is 4.74 Å². The third-order valence-electron chi connectivity index (χ3n) is 9.16. The lowest BCUT2D eigenvalue weighted by molar-refractivity contribution is -0.131. The van der Waals surface area contributed by atoms with Crippen LogP contribution in [0.1, 0.15) is 63.2 Å². The SMILES string of the molecule is CC1=CC(=O)C(C)=C(C(C)(C)CC(=O)N(C)CCCOc2c(Cc3ccco3)nc3c(Cc4ccccc4)nc(-c4ccccc4)cn23)C1=O. The summed E-state index contributed by atoms with van der Waals surface area (Å²) in [6, 6.07) is 24.0. The molecule has 0 aliphatic heterocycles. The molecule has 50 heavy (non-hydrogen) atoms. The predicted octanol–water partition coefficient (Wildman–Crippen LogP) is 7.23. The second-order valence-corrected chi connectivity index (χ2v) is 13.5. The van der Waals surface area contributed by atoms with Gasteiger partial charge in [-0.05, 0) is 44.0 Å². The van der Waals surface area contributed by atoms with Crippen molar-refractivity contribution in [2.45, 2.75) is 53.4 Å². The van der Waals surface area contributed by atoms with Crippen LogP contribution in [-0.2, 0) is 27.2 Å². The first-order valence-electron chi connectivity index (χ1n) is 16.9. The van der Waals surface area contributed by atoms with Crippen LogP contribution in [0.4, 0.5) is 0 Å². The topological polar surface area (TPSA) is 107 Å². The van der Waals surface area contributed by atoms with Crippen LogP contribution >= 0.6 is 0 Å². The predicted molar refractivity (Wildman–Crippen MR) is 192 cm³/mol. The van der Waals surface area contributed by atoms with Crippen molar-refractivity contribution in [3.05, 3.63) is 131 Å². The minimum Gasteiger partial charge on any atom is -0.477 e. The summed E-state index contributed by atoms with van der Waals surface area (Å²) >= 11 is 0. The fourth-order valence-corrected chi connectivity index (χ4v) is 6.51. The lowest BCUT2D eigenvalue weighted by Crippen LogP contribution is -2.36. The average molecular weight is 671 g/mol. The highest BCUT2D eigenvalue weighted by atomic mass is 16.5. The van der Waals surface area contributed by atoms with Gasteiger partial charge >= 0.3 is 0 Å². The maximum Gasteiger partial charge on any atom is 0.223 e. The van der Waals surface area contributed by atoms with Gasteiger partial charge in [-0.2, -0.15) is 0 Å². The van der Waals surface area contributed by atoms with Crippen molar-refractivity contribution in [2.75, 3.05) is 20.2 Å². The van der Waals surface area contributed by atoms with Gasteiger partial charge in [-0.1, -0.05) is 74.5 Å². The molecule has 6 rings (SSSR count). The highest BCUT2D eigenvalue weighted by Gasteiger charge is 2.37. The monoisotopic (exact) mass is 670 g/mol. The number of carbonyl (C=O) groups is 3. The smallest absolute Gasteiger partial charge is 0.223 e. The van der Waals surface area contributed by atoms with Crippen LogP contribution in [0, 0.1) is 5.41 Å². The van der Waals surface area contributed by atoms with Gasteiger partial charge in [-0.25, -0.2) is 9.97 Å². The number of amides is 1. The fraction of sp³-hybridized carbons (Fsp3) is 0.293. The molecule has 1 aliphatic rings. The third kappa shape index (κ3) is 7.37. The Labute approximate surface area is 292 Å². The lowest BCUT2D eigenvalue weighted by atomic mass is 9.72. The molecule has 3 heterocycles. The maximum absolute atomic E-state index is 13.4. The van der Waals surface area contributed by atoms with Crippen molar-refractivity contribution >= 4 is 23.1 Å². The van der Waals surface area contributed by atoms with Crippen LogP contribution in [-0.4, -0.2) is 56.9 Å². The summed E-state index contributed by atoms with van der Waals surface area (Å²) < 4.78 is 14.2. The fourth-order valence-electron chi connectivity index (χ4n) is 6.51. The van der Waals surface area contributed by atoms with Gasteiger partial charge < -0.3 is 14.1 Å². The van der Waals surface area contributed by atoms with Crippen molar-refractivity contribution in [3.63, 3.8) is 0 Å². The molecule has 0 fully saturated rings. The number of aromatic nitrogens is 3. The van der Waals surface area contributed by atoms with E-state index in [-0.39, 0.29) is 23.9 Å². The first-order valence-corrected chi connectivity index (χ1v) is 16.9. The Balaban J connectivity index is 1.23. The number of hydrogen-bond acceptors (Lipinski definition) is 7. The Morgan fingerprint density at radius 1 is 0.920 bits per heavy atom. The van der Waals surface area contributed by atoms with Crippen molar-refractivity contribution in [1.82, 2.24) is 19.3 Å². The quantitative estimate of drug-likeness (QED) is 0.0961. The summed E-state index contributed by atoms with van der Waals surface area (Å²) in [5.74, 6) is 0.904.